The van der Waals surface area contributed by atoms with Crippen molar-refractivity contribution in [1.82, 2.24) is 9.97 Å². The SMILES string of the molecule is C#CCN(C(=O)c1ccncc1CC)c1nccs1. The predicted octanol–water partition coefficient (Wildman–Crippen LogP) is 2.38. The third kappa shape index (κ3) is 2.80. The molecule has 0 saturated carbocycles. The van der Waals surface area contributed by atoms with Crippen molar-refractivity contribution >= 4 is 22.4 Å². The lowest BCUT2D eigenvalue weighted by Crippen LogP contribution is -2.32. The summed E-state index contributed by atoms with van der Waals surface area (Å²) < 4.78 is 0. The number of aryl methyl sites for hydroxylation is 1. The summed E-state index contributed by atoms with van der Waals surface area (Å²) >= 11 is 1.39. The number of aromatic nitrogens is 2. The van der Waals surface area contributed by atoms with E-state index in [0.29, 0.717) is 10.7 Å². The Labute approximate surface area is 116 Å². The lowest BCUT2D eigenvalue weighted by molar-refractivity contribution is 0.0989. The zero-order chi connectivity index (χ0) is 13.7. The largest absolute Gasteiger partial charge is 0.272 e. The van der Waals surface area contributed by atoms with E-state index in [4.69, 9.17) is 6.42 Å². The Morgan fingerprint density at radius 2 is 2.37 bits per heavy atom. The zero-order valence-electron chi connectivity index (χ0n) is 10.5. The molecule has 0 unspecified atom stereocenters. The third-order valence-corrected chi connectivity index (χ3v) is 3.45. The Bertz CT molecular complexity index is 601. The summed E-state index contributed by atoms with van der Waals surface area (Å²) in [5, 5.41) is 2.43. The van der Waals surface area contributed by atoms with Crippen LogP contribution in [0, 0.1) is 12.3 Å². The number of carbonyl (C=O) groups excluding carboxylic acids is 1. The molecule has 0 aliphatic carbocycles. The van der Waals surface area contributed by atoms with Gasteiger partial charge < -0.3 is 0 Å². The van der Waals surface area contributed by atoms with E-state index in [1.165, 1.54) is 16.2 Å². The van der Waals surface area contributed by atoms with E-state index in [1.807, 2.05) is 12.3 Å². The molecule has 0 saturated heterocycles. The number of nitrogens with zero attached hydrogens (tertiary/aromatic N) is 3. The molecule has 0 atom stereocenters. The van der Waals surface area contributed by atoms with Crippen molar-refractivity contribution in [3.8, 4) is 12.3 Å². The lowest BCUT2D eigenvalue weighted by atomic mass is 10.1. The molecule has 0 spiro atoms. The van der Waals surface area contributed by atoms with Crippen molar-refractivity contribution < 1.29 is 4.79 Å². The second kappa shape index (κ2) is 6.12. The second-order valence-electron chi connectivity index (χ2n) is 3.80. The number of carbonyl (C=O) groups is 1. The van der Waals surface area contributed by atoms with Crippen LogP contribution in [0.25, 0.3) is 0 Å². The Kier molecular flexibility index (Phi) is 4.26. The van der Waals surface area contributed by atoms with Gasteiger partial charge in [-0.25, -0.2) is 4.98 Å². The van der Waals surface area contributed by atoms with Crippen LogP contribution < -0.4 is 4.90 Å². The molecule has 96 valence electrons. The van der Waals surface area contributed by atoms with Crippen molar-refractivity contribution in [2.75, 3.05) is 11.4 Å². The first-order chi connectivity index (χ1) is 9.27. The predicted molar refractivity (Wildman–Crippen MR) is 76.2 cm³/mol. The van der Waals surface area contributed by atoms with E-state index in [9.17, 15) is 4.79 Å². The molecule has 2 aromatic rings. The van der Waals surface area contributed by atoms with E-state index in [0.717, 1.165) is 12.0 Å². The summed E-state index contributed by atoms with van der Waals surface area (Å²) in [4.78, 5) is 22.3. The number of pyridine rings is 1. The Balaban J connectivity index is 2.38. The van der Waals surface area contributed by atoms with Crippen molar-refractivity contribution in [2.24, 2.45) is 0 Å². The molecular weight excluding hydrogens is 258 g/mol. The fourth-order valence-corrected chi connectivity index (χ4v) is 2.37. The quantitative estimate of drug-likeness (QED) is 0.802. The molecule has 0 fully saturated rings. The number of hydrogen-bond acceptors (Lipinski definition) is 4. The number of amides is 1. The van der Waals surface area contributed by atoms with Crippen molar-refractivity contribution in [3.05, 3.63) is 41.2 Å². The van der Waals surface area contributed by atoms with Crippen LogP contribution in [0.1, 0.15) is 22.8 Å². The highest BCUT2D eigenvalue weighted by Crippen LogP contribution is 2.21. The van der Waals surface area contributed by atoms with Crippen LogP contribution in [0.2, 0.25) is 0 Å². The van der Waals surface area contributed by atoms with Crippen molar-refractivity contribution in [1.29, 1.82) is 0 Å². The summed E-state index contributed by atoms with van der Waals surface area (Å²) in [6, 6.07) is 1.72. The Hall–Kier alpha value is -2.19. The molecule has 0 bridgehead atoms. The number of hydrogen-bond donors (Lipinski definition) is 0. The van der Waals surface area contributed by atoms with Gasteiger partial charge in [0, 0.05) is 29.5 Å². The highest BCUT2D eigenvalue weighted by Gasteiger charge is 2.20. The molecule has 2 heterocycles. The minimum absolute atomic E-state index is 0.132. The maximum Gasteiger partial charge on any atom is 0.261 e. The minimum Gasteiger partial charge on any atom is -0.272 e. The van der Waals surface area contributed by atoms with Crippen LogP contribution in [0.5, 0.6) is 0 Å². The van der Waals surface area contributed by atoms with E-state index in [-0.39, 0.29) is 12.5 Å². The van der Waals surface area contributed by atoms with Gasteiger partial charge in [0.15, 0.2) is 5.13 Å². The van der Waals surface area contributed by atoms with E-state index < -0.39 is 0 Å². The first-order valence-corrected chi connectivity index (χ1v) is 6.73. The first kappa shape index (κ1) is 13.2. The van der Waals surface area contributed by atoms with Gasteiger partial charge in [-0.3, -0.25) is 14.7 Å². The van der Waals surface area contributed by atoms with Gasteiger partial charge in [-0.05, 0) is 18.1 Å². The topological polar surface area (TPSA) is 46.1 Å². The van der Waals surface area contributed by atoms with Crippen LogP contribution in [-0.4, -0.2) is 22.4 Å². The minimum atomic E-state index is -0.132. The lowest BCUT2D eigenvalue weighted by Gasteiger charge is -2.18. The van der Waals surface area contributed by atoms with Crippen LogP contribution >= 0.6 is 11.3 Å². The van der Waals surface area contributed by atoms with Gasteiger partial charge in [0.2, 0.25) is 0 Å². The highest BCUT2D eigenvalue weighted by molar-refractivity contribution is 7.13. The van der Waals surface area contributed by atoms with Crippen molar-refractivity contribution in [3.63, 3.8) is 0 Å². The maximum atomic E-state index is 12.6. The third-order valence-electron chi connectivity index (χ3n) is 2.66. The van der Waals surface area contributed by atoms with Crippen LogP contribution in [-0.2, 0) is 6.42 Å². The van der Waals surface area contributed by atoms with E-state index in [1.54, 1.807) is 24.7 Å². The standard InChI is InChI=1S/C14H13N3OS/c1-3-8-17(14-16-7-9-19-14)13(18)12-5-6-15-10-11(12)4-2/h1,5-7,9-10H,4,8H2,2H3. The van der Waals surface area contributed by atoms with Crippen LogP contribution in [0.15, 0.2) is 30.0 Å². The average Bonchev–Trinajstić information content (AvgIpc) is 2.98. The molecule has 1 amide bonds. The summed E-state index contributed by atoms with van der Waals surface area (Å²) in [7, 11) is 0. The maximum absolute atomic E-state index is 12.6. The van der Waals surface area contributed by atoms with Gasteiger partial charge in [0.1, 0.15) is 0 Å². The molecule has 2 rings (SSSR count). The van der Waals surface area contributed by atoms with Crippen LogP contribution in [0.3, 0.4) is 0 Å². The smallest absolute Gasteiger partial charge is 0.261 e. The van der Waals surface area contributed by atoms with Gasteiger partial charge in [-0.2, -0.15) is 0 Å². The summed E-state index contributed by atoms with van der Waals surface area (Å²) in [5.41, 5.74) is 1.54. The molecule has 0 radical (unpaired) electrons. The summed E-state index contributed by atoms with van der Waals surface area (Å²) in [6.45, 7) is 2.19. The molecule has 4 nitrogen and oxygen atoms in total. The highest BCUT2D eigenvalue weighted by atomic mass is 32.1. The fourth-order valence-electron chi connectivity index (χ4n) is 1.73. The van der Waals surface area contributed by atoms with Gasteiger partial charge in [0.05, 0.1) is 6.54 Å². The molecule has 0 N–H and O–H groups in total. The van der Waals surface area contributed by atoms with Gasteiger partial charge >= 0.3 is 0 Å². The Morgan fingerprint density at radius 3 is 3.00 bits per heavy atom. The molecular formula is C14H13N3OS. The average molecular weight is 271 g/mol. The number of thiazole rings is 1. The monoisotopic (exact) mass is 271 g/mol. The molecule has 0 aliphatic rings. The first-order valence-electron chi connectivity index (χ1n) is 5.85. The summed E-state index contributed by atoms with van der Waals surface area (Å²) in [6.07, 6.45) is 11.1. The number of rotatable bonds is 4. The number of terminal acetylenes is 1. The fraction of sp³-hybridized carbons (Fsp3) is 0.214. The summed E-state index contributed by atoms with van der Waals surface area (Å²) in [5.74, 6) is 2.37. The zero-order valence-corrected chi connectivity index (χ0v) is 11.4. The molecule has 0 aliphatic heterocycles. The van der Waals surface area contributed by atoms with Gasteiger partial charge in [-0.15, -0.1) is 17.8 Å². The van der Waals surface area contributed by atoms with Gasteiger partial charge in [-0.1, -0.05) is 12.8 Å². The molecule has 19 heavy (non-hydrogen) atoms. The Morgan fingerprint density at radius 1 is 1.53 bits per heavy atom. The van der Waals surface area contributed by atoms with E-state index in [2.05, 4.69) is 15.9 Å². The number of anilines is 1. The van der Waals surface area contributed by atoms with E-state index >= 15 is 0 Å². The normalized spacial score (nSPS) is 9.89. The van der Waals surface area contributed by atoms with Crippen molar-refractivity contribution in [2.45, 2.75) is 13.3 Å². The molecule has 0 aromatic carbocycles. The second-order valence-corrected chi connectivity index (χ2v) is 4.67. The van der Waals surface area contributed by atoms with Gasteiger partial charge in [0.25, 0.3) is 5.91 Å². The molecule has 5 heteroatoms. The molecule has 2 aromatic heterocycles. The van der Waals surface area contributed by atoms with Crippen LogP contribution in [0.4, 0.5) is 5.13 Å².